The van der Waals surface area contributed by atoms with Crippen LogP contribution in [0.15, 0.2) is 74.0 Å². The highest BCUT2D eigenvalue weighted by Gasteiger charge is 2.16. The van der Waals surface area contributed by atoms with Crippen molar-refractivity contribution in [2.75, 3.05) is 5.75 Å². The van der Waals surface area contributed by atoms with Gasteiger partial charge in [-0.25, -0.2) is 5.43 Å². The van der Waals surface area contributed by atoms with Gasteiger partial charge in [0.05, 0.1) is 12.0 Å². The normalized spacial score (nSPS) is 11.5. The lowest BCUT2D eigenvalue weighted by molar-refractivity contribution is -0.118. The zero-order chi connectivity index (χ0) is 20.8. The second-order valence-corrected chi connectivity index (χ2v) is 8.21. The van der Waals surface area contributed by atoms with Gasteiger partial charge < -0.3 is 4.42 Å². The van der Waals surface area contributed by atoms with Crippen LogP contribution in [0.3, 0.4) is 0 Å². The molecule has 0 bridgehead atoms. The largest absolute Gasteiger partial charge is 0.463 e. The Hall–Kier alpha value is -2.65. The molecule has 9 heteroatoms. The maximum Gasteiger partial charge on any atom is 0.250 e. The predicted octanol–water partition coefficient (Wildman–Crippen LogP) is 4.51. The average Bonchev–Trinajstić information content (AvgIpc) is 3.35. The maximum atomic E-state index is 12.2. The van der Waals surface area contributed by atoms with Crippen molar-refractivity contribution in [3.8, 4) is 11.4 Å². The lowest BCUT2D eigenvalue weighted by Gasteiger charge is -2.10. The fourth-order valence-electron chi connectivity index (χ4n) is 2.47. The molecule has 1 N–H and O–H groups in total. The van der Waals surface area contributed by atoms with Gasteiger partial charge >= 0.3 is 0 Å². The minimum absolute atomic E-state index is 0.156. The Morgan fingerprint density at radius 3 is 2.69 bits per heavy atom. The average molecular weight is 474 g/mol. The molecular formula is C20H20BrN5O2S. The molecule has 7 nitrogen and oxygen atoms in total. The van der Waals surface area contributed by atoms with E-state index in [0.29, 0.717) is 23.2 Å². The Morgan fingerprint density at radius 1 is 1.28 bits per heavy atom. The van der Waals surface area contributed by atoms with Gasteiger partial charge in [-0.05, 0) is 38.1 Å². The van der Waals surface area contributed by atoms with Gasteiger partial charge in [0.1, 0.15) is 11.5 Å². The SMILES string of the molecule is C=C(C)Cn1c(SCC(=O)N/N=C(/C)c2ccco2)nnc1-c1ccc(Br)cc1. The number of hydrogen-bond donors (Lipinski definition) is 1. The molecular weight excluding hydrogens is 454 g/mol. The van der Waals surface area contributed by atoms with E-state index in [2.05, 4.69) is 43.2 Å². The van der Waals surface area contributed by atoms with Crippen molar-refractivity contribution in [2.24, 2.45) is 5.10 Å². The number of thioether (sulfide) groups is 1. The minimum Gasteiger partial charge on any atom is -0.463 e. The zero-order valence-electron chi connectivity index (χ0n) is 16.1. The number of amides is 1. The number of nitrogens with one attached hydrogen (secondary N) is 1. The molecule has 150 valence electrons. The summed E-state index contributed by atoms with van der Waals surface area (Å²) in [5.41, 5.74) is 5.04. The molecule has 0 saturated carbocycles. The maximum absolute atomic E-state index is 12.2. The van der Waals surface area contributed by atoms with E-state index in [0.717, 1.165) is 21.4 Å². The lowest BCUT2D eigenvalue weighted by Crippen LogP contribution is -2.21. The molecule has 0 atom stereocenters. The highest BCUT2D eigenvalue weighted by Crippen LogP contribution is 2.26. The number of benzene rings is 1. The van der Waals surface area contributed by atoms with Gasteiger partial charge in [0.25, 0.3) is 5.91 Å². The van der Waals surface area contributed by atoms with Crippen LogP contribution < -0.4 is 5.43 Å². The number of rotatable bonds is 8. The summed E-state index contributed by atoms with van der Waals surface area (Å²) in [5, 5.41) is 13.3. The van der Waals surface area contributed by atoms with E-state index in [9.17, 15) is 4.79 Å². The van der Waals surface area contributed by atoms with Gasteiger partial charge in [-0.3, -0.25) is 9.36 Å². The Balaban J connectivity index is 1.70. The van der Waals surface area contributed by atoms with E-state index < -0.39 is 0 Å². The van der Waals surface area contributed by atoms with E-state index in [1.807, 2.05) is 35.8 Å². The van der Waals surface area contributed by atoms with Crippen LogP contribution in [-0.2, 0) is 11.3 Å². The van der Waals surface area contributed by atoms with Gasteiger partial charge in [-0.1, -0.05) is 52.0 Å². The molecule has 0 radical (unpaired) electrons. The van der Waals surface area contributed by atoms with Gasteiger partial charge in [0, 0.05) is 16.6 Å². The van der Waals surface area contributed by atoms with Crippen LogP contribution in [0.25, 0.3) is 11.4 Å². The summed E-state index contributed by atoms with van der Waals surface area (Å²) in [5.74, 6) is 1.26. The number of halogens is 1. The summed E-state index contributed by atoms with van der Waals surface area (Å²) in [7, 11) is 0. The third kappa shape index (κ3) is 5.68. The van der Waals surface area contributed by atoms with Gasteiger partial charge in [-0.2, -0.15) is 5.10 Å². The van der Waals surface area contributed by atoms with Crippen molar-refractivity contribution in [3.63, 3.8) is 0 Å². The van der Waals surface area contributed by atoms with Crippen LogP contribution in [-0.4, -0.2) is 32.1 Å². The van der Waals surface area contributed by atoms with Crippen LogP contribution in [0.2, 0.25) is 0 Å². The molecule has 0 saturated heterocycles. The van der Waals surface area contributed by atoms with Gasteiger partial charge in [0.15, 0.2) is 11.0 Å². The molecule has 29 heavy (non-hydrogen) atoms. The molecule has 3 rings (SSSR count). The van der Waals surface area contributed by atoms with Crippen LogP contribution in [0, 0.1) is 0 Å². The van der Waals surface area contributed by atoms with Crippen LogP contribution in [0.5, 0.6) is 0 Å². The number of hydrazone groups is 1. The summed E-state index contributed by atoms with van der Waals surface area (Å²) in [6, 6.07) is 11.4. The highest BCUT2D eigenvalue weighted by molar-refractivity contribution is 9.10. The molecule has 0 unspecified atom stereocenters. The van der Waals surface area contributed by atoms with E-state index in [4.69, 9.17) is 4.42 Å². The molecule has 3 aromatic rings. The topological polar surface area (TPSA) is 85.3 Å². The summed E-state index contributed by atoms with van der Waals surface area (Å²) in [6.45, 7) is 8.26. The molecule has 2 aromatic heterocycles. The quantitative estimate of drug-likeness (QED) is 0.225. The molecule has 0 aliphatic rings. The van der Waals surface area contributed by atoms with Crippen LogP contribution >= 0.6 is 27.7 Å². The van der Waals surface area contributed by atoms with Crippen molar-refractivity contribution in [1.29, 1.82) is 0 Å². The summed E-state index contributed by atoms with van der Waals surface area (Å²) in [4.78, 5) is 12.2. The van der Waals surface area contributed by atoms with Gasteiger partial charge in [0.2, 0.25) is 0 Å². The minimum atomic E-state index is -0.240. The Kier molecular flexibility index (Phi) is 7.05. The smallest absolute Gasteiger partial charge is 0.250 e. The first-order chi connectivity index (χ1) is 13.9. The van der Waals surface area contributed by atoms with E-state index >= 15 is 0 Å². The molecule has 1 aromatic carbocycles. The fraction of sp³-hybridized carbons (Fsp3) is 0.200. The first kappa shape index (κ1) is 21.1. The van der Waals surface area contributed by atoms with Crippen molar-refractivity contribution in [2.45, 2.75) is 25.5 Å². The van der Waals surface area contributed by atoms with E-state index in [-0.39, 0.29) is 11.7 Å². The van der Waals surface area contributed by atoms with Crippen LogP contribution in [0.1, 0.15) is 19.6 Å². The second kappa shape index (κ2) is 9.71. The molecule has 0 spiro atoms. The van der Waals surface area contributed by atoms with Crippen molar-refractivity contribution >= 4 is 39.3 Å². The first-order valence-electron chi connectivity index (χ1n) is 8.77. The monoisotopic (exact) mass is 473 g/mol. The summed E-state index contributed by atoms with van der Waals surface area (Å²) >= 11 is 4.74. The van der Waals surface area contributed by atoms with Crippen molar-refractivity contribution in [1.82, 2.24) is 20.2 Å². The number of allylic oxidation sites excluding steroid dienone is 1. The Bertz CT molecular complexity index is 1030. The van der Waals surface area contributed by atoms with Crippen molar-refractivity contribution < 1.29 is 9.21 Å². The lowest BCUT2D eigenvalue weighted by atomic mass is 10.2. The standard InChI is InChI=1S/C20H20BrN5O2S/c1-13(2)11-26-19(15-6-8-16(21)9-7-15)24-25-20(26)29-12-18(27)23-22-14(3)17-5-4-10-28-17/h4-10H,1,11-12H2,2-3H3,(H,23,27)/b22-14-. The Morgan fingerprint density at radius 2 is 2.03 bits per heavy atom. The Labute approximate surface area is 181 Å². The first-order valence-corrected chi connectivity index (χ1v) is 10.5. The van der Waals surface area contributed by atoms with E-state index in [1.54, 1.807) is 25.3 Å². The van der Waals surface area contributed by atoms with E-state index in [1.165, 1.54) is 11.8 Å². The molecule has 0 aliphatic carbocycles. The third-order valence-corrected chi connectivity index (χ3v) is 5.30. The number of carbonyl (C=O) groups excluding carboxylic acids is 1. The number of nitrogens with zero attached hydrogens (tertiary/aromatic N) is 4. The summed E-state index contributed by atoms with van der Waals surface area (Å²) in [6.07, 6.45) is 1.56. The number of carbonyl (C=O) groups is 1. The predicted molar refractivity (Wildman–Crippen MR) is 118 cm³/mol. The molecule has 2 heterocycles. The molecule has 0 fully saturated rings. The zero-order valence-corrected chi connectivity index (χ0v) is 18.5. The summed E-state index contributed by atoms with van der Waals surface area (Å²) < 4.78 is 8.19. The van der Waals surface area contributed by atoms with Crippen LogP contribution in [0.4, 0.5) is 0 Å². The number of hydrogen-bond acceptors (Lipinski definition) is 6. The van der Waals surface area contributed by atoms with Gasteiger partial charge in [-0.15, -0.1) is 10.2 Å². The number of furan rings is 1. The highest BCUT2D eigenvalue weighted by atomic mass is 79.9. The number of aromatic nitrogens is 3. The molecule has 0 aliphatic heterocycles. The second-order valence-electron chi connectivity index (χ2n) is 6.35. The fourth-order valence-corrected chi connectivity index (χ4v) is 3.46. The third-order valence-electron chi connectivity index (χ3n) is 3.81. The van der Waals surface area contributed by atoms with Crippen molar-refractivity contribution in [3.05, 3.63) is 65.0 Å². The molecule has 1 amide bonds.